The number of guanidine groups is 1. The van der Waals surface area contributed by atoms with E-state index in [1.807, 2.05) is 18.2 Å². The van der Waals surface area contributed by atoms with Crippen LogP contribution in [0.3, 0.4) is 0 Å². The van der Waals surface area contributed by atoms with Gasteiger partial charge in [0.15, 0.2) is 5.96 Å². The Balaban J connectivity index is 0.00000441. The maximum absolute atomic E-state index is 5.35. The highest BCUT2D eigenvalue weighted by atomic mass is 127. The number of halogens is 1. The topological polar surface area (TPSA) is 48.9 Å². The van der Waals surface area contributed by atoms with Gasteiger partial charge in [0, 0.05) is 32.2 Å². The van der Waals surface area contributed by atoms with E-state index in [1.54, 1.807) is 14.2 Å². The minimum absolute atomic E-state index is 0. The van der Waals surface area contributed by atoms with Gasteiger partial charge in [0.25, 0.3) is 0 Å². The number of nitrogens with zero attached hydrogens (tertiary/aromatic N) is 2. The maximum Gasteiger partial charge on any atom is 0.191 e. The molecule has 0 unspecified atom stereocenters. The quantitative estimate of drug-likeness (QED) is 0.385. The zero-order valence-corrected chi connectivity index (χ0v) is 16.4. The summed E-state index contributed by atoms with van der Waals surface area (Å²) in [6, 6.07) is 8.00. The van der Waals surface area contributed by atoms with Crippen molar-refractivity contribution in [3.63, 3.8) is 0 Å². The van der Waals surface area contributed by atoms with E-state index in [0.29, 0.717) is 6.54 Å². The molecule has 0 aliphatic heterocycles. The molecule has 2 N–H and O–H groups in total. The number of aliphatic imine (C=N–C) groups is 1. The van der Waals surface area contributed by atoms with E-state index >= 15 is 0 Å². The summed E-state index contributed by atoms with van der Waals surface area (Å²) in [5.74, 6) is 1.71. The zero-order valence-electron chi connectivity index (χ0n) is 14.1. The third kappa shape index (κ3) is 7.31. The normalized spacial score (nSPS) is 11.0. The molecule has 0 radical (unpaired) electrons. The Morgan fingerprint density at radius 2 is 1.86 bits per heavy atom. The Bertz CT molecular complexity index is 436. The fourth-order valence-corrected chi connectivity index (χ4v) is 2.12. The van der Waals surface area contributed by atoms with Gasteiger partial charge < -0.3 is 20.3 Å². The van der Waals surface area contributed by atoms with Crippen LogP contribution in [-0.2, 0) is 6.54 Å². The van der Waals surface area contributed by atoms with E-state index in [2.05, 4.69) is 40.4 Å². The summed E-state index contributed by atoms with van der Waals surface area (Å²) < 4.78 is 5.35. The van der Waals surface area contributed by atoms with Crippen molar-refractivity contribution >= 4 is 29.9 Å². The van der Waals surface area contributed by atoms with Crippen molar-refractivity contribution in [1.29, 1.82) is 0 Å². The number of rotatable bonds is 8. The minimum atomic E-state index is 0. The molecule has 1 aromatic rings. The van der Waals surface area contributed by atoms with Crippen molar-refractivity contribution in [3.8, 4) is 5.75 Å². The molecular weight excluding hydrogens is 391 g/mol. The van der Waals surface area contributed by atoms with Crippen LogP contribution in [0, 0.1) is 0 Å². The van der Waals surface area contributed by atoms with Gasteiger partial charge in [-0.15, -0.1) is 24.0 Å². The summed E-state index contributed by atoms with van der Waals surface area (Å²) in [5.41, 5.74) is 1.12. The Kier molecular flexibility index (Phi) is 11.9. The summed E-state index contributed by atoms with van der Waals surface area (Å²) in [4.78, 5) is 6.62. The van der Waals surface area contributed by atoms with Gasteiger partial charge in [-0.1, -0.05) is 32.0 Å². The molecule has 0 amide bonds. The molecule has 0 aliphatic carbocycles. The molecule has 0 aromatic heterocycles. The van der Waals surface area contributed by atoms with Gasteiger partial charge in [-0.3, -0.25) is 4.99 Å². The molecule has 0 aliphatic rings. The van der Waals surface area contributed by atoms with Crippen LogP contribution < -0.4 is 15.4 Å². The number of likely N-dealkylation sites (N-methyl/N-ethyl adjacent to an activating group) is 1. The van der Waals surface area contributed by atoms with Crippen molar-refractivity contribution in [2.75, 3.05) is 40.3 Å². The number of methoxy groups -OCH3 is 1. The first-order chi connectivity index (χ1) is 10.2. The van der Waals surface area contributed by atoms with Gasteiger partial charge in [0.2, 0.25) is 0 Å². The average Bonchev–Trinajstić information content (AvgIpc) is 2.54. The van der Waals surface area contributed by atoms with Gasteiger partial charge in [0.1, 0.15) is 5.75 Å². The molecule has 1 aromatic carbocycles. The van der Waals surface area contributed by atoms with E-state index in [0.717, 1.165) is 43.5 Å². The summed E-state index contributed by atoms with van der Waals surface area (Å²) in [5, 5.41) is 6.64. The first-order valence-corrected chi connectivity index (χ1v) is 7.53. The number of hydrogen-bond donors (Lipinski definition) is 2. The van der Waals surface area contributed by atoms with Crippen LogP contribution in [0.25, 0.3) is 0 Å². The van der Waals surface area contributed by atoms with Crippen LogP contribution in [0.1, 0.15) is 19.4 Å². The first-order valence-electron chi connectivity index (χ1n) is 7.53. The number of para-hydroxylation sites is 1. The Hall–Kier alpha value is -1.02. The van der Waals surface area contributed by atoms with Crippen LogP contribution in [0.4, 0.5) is 0 Å². The predicted molar refractivity (Wildman–Crippen MR) is 104 cm³/mol. The number of nitrogens with one attached hydrogen (secondary N) is 2. The van der Waals surface area contributed by atoms with Crippen LogP contribution in [0.15, 0.2) is 29.3 Å². The third-order valence-corrected chi connectivity index (χ3v) is 3.48. The van der Waals surface area contributed by atoms with Crippen molar-refractivity contribution < 1.29 is 4.74 Å². The van der Waals surface area contributed by atoms with Gasteiger partial charge >= 0.3 is 0 Å². The molecule has 1 rings (SSSR count). The van der Waals surface area contributed by atoms with E-state index in [4.69, 9.17) is 4.74 Å². The Labute approximate surface area is 151 Å². The van der Waals surface area contributed by atoms with E-state index in [-0.39, 0.29) is 24.0 Å². The second kappa shape index (κ2) is 12.5. The largest absolute Gasteiger partial charge is 0.496 e. The molecule has 5 nitrogen and oxygen atoms in total. The second-order valence-corrected chi connectivity index (χ2v) is 4.69. The molecule has 0 atom stereocenters. The molecule has 6 heteroatoms. The van der Waals surface area contributed by atoms with Crippen molar-refractivity contribution in [2.24, 2.45) is 4.99 Å². The monoisotopic (exact) mass is 420 g/mol. The van der Waals surface area contributed by atoms with Gasteiger partial charge in [-0.05, 0) is 19.2 Å². The lowest BCUT2D eigenvalue weighted by atomic mass is 10.2. The van der Waals surface area contributed by atoms with Crippen LogP contribution >= 0.6 is 24.0 Å². The number of ether oxygens (including phenoxy) is 1. The summed E-state index contributed by atoms with van der Waals surface area (Å²) in [6.07, 6.45) is 0. The zero-order chi connectivity index (χ0) is 15.5. The summed E-state index contributed by atoms with van der Waals surface area (Å²) in [6.45, 7) is 9.10. The SMILES string of the molecule is CCN(CC)CCNC(=NC)NCc1ccccc1OC.I. The standard InChI is InChI=1S/C16H28N4O.HI/c1-5-20(6-2)12-11-18-16(17-3)19-13-14-9-7-8-10-15(14)21-4;/h7-10H,5-6,11-13H2,1-4H3,(H2,17,18,19);1H. The highest BCUT2D eigenvalue weighted by molar-refractivity contribution is 14.0. The maximum atomic E-state index is 5.35. The second-order valence-electron chi connectivity index (χ2n) is 4.69. The van der Waals surface area contributed by atoms with Crippen molar-refractivity contribution in [2.45, 2.75) is 20.4 Å². The Morgan fingerprint density at radius 1 is 1.18 bits per heavy atom. The van der Waals surface area contributed by atoms with Crippen LogP contribution in [0.2, 0.25) is 0 Å². The highest BCUT2D eigenvalue weighted by Crippen LogP contribution is 2.16. The van der Waals surface area contributed by atoms with Crippen LogP contribution in [0.5, 0.6) is 5.75 Å². The molecule has 22 heavy (non-hydrogen) atoms. The van der Waals surface area contributed by atoms with Crippen molar-refractivity contribution in [3.05, 3.63) is 29.8 Å². The number of hydrogen-bond acceptors (Lipinski definition) is 3. The third-order valence-electron chi connectivity index (χ3n) is 3.48. The smallest absolute Gasteiger partial charge is 0.191 e. The molecule has 126 valence electrons. The molecule has 0 spiro atoms. The van der Waals surface area contributed by atoms with Gasteiger partial charge in [-0.2, -0.15) is 0 Å². The fraction of sp³-hybridized carbons (Fsp3) is 0.562. The first kappa shape index (κ1) is 21.0. The van der Waals surface area contributed by atoms with E-state index in [1.165, 1.54) is 0 Å². The lowest BCUT2D eigenvalue weighted by Crippen LogP contribution is -2.41. The lowest BCUT2D eigenvalue weighted by Gasteiger charge is -2.19. The molecule has 0 heterocycles. The fourth-order valence-electron chi connectivity index (χ4n) is 2.12. The molecule has 0 bridgehead atoms. The van der Waals surface area contributed by atoms with Gasteiger partial charge in [-0.25, -0.2) is 0 Å². The number of benzene rings is 1. The predicted octanol–water partition coefficient (Wildman–Crippen LogP) is 2.32. The van der Waals surface area contributed by atoms with E-state index in [9.17, 15) is 0 Å². The summed E-state index contributed by atoms with van der Waals surface area (Å²) in [7, 11) is 3.48. The lowest BCUT2D eigenvalue weighted by molar-refractivity contribution is 0.308. The highest BCUT2D eigenvalue weighted by Gasteiger charge is 2.04. The molecule has 0 saturated heterocycles. The minimum Gasteiger partial charge on any atom is -0.496 e. The van der Waals surface area contributed by atoms with Crippen LogP contribution in [-0.4, -0.2) is 51.2 Å². The Morgan fingerprint density at radius 3 is 2.45 bits per heavy atom. The average molecular weight is 420 g/mol. The molecule has 0 saturated carbocycles. The summed E-state index contributed by atoms with van der Waals surface area (Å²) >= 11 is 0. The molecular formula is C16H29IN4O. The van der Waals surface area contributed by atoms with Crippen molar-refractivity contribution in [1.82, 2.24) is 15.5 Å². The van der Waals surface area contributed by atoms with Gasteiger partial charge in [0.05, 0.1) is 7.11 Å². The molecule has 0 fully saturated rings. The van der Waals surface area contributed by atoms with E-state index < -0.39 is 0 Å².